The van der Waals surface area contributed by atoms with Crippen molar-refractivity contribution in [2.75, 3.05) is 32.6 Å². The van der Waals surface area contributed by atoms with Gasteiger partial charge in [-0.05, 0) is 38.5 Å². The van der Waals surface area contributed by atoms with E-state index in [2.05, 4.69) is 26.2 Å². The Bertz CT molecular complexity index is 613. The number of ether oxygens (including phenoxy) is 1. The van der Waals surface area contributed by atoms with Gasteiger partial charge in [0.1, 0.15) is 0 Å². The van der Waals surface area contributed by atoms with Crippen LogP contribution in [0.3, 0.4) is 0 Å². The zero-order valence-corrected chi connectivity index (χ0v) is 16.2. The molecule has 0 radical (unpaired) electrons. The molecule has 0 saturated carbocycles. The predicted octanol–water partition coefficient (Wildman–Crippen LogP) is 3.64. The highest BCUT2D eigenvalue weighted by Gasteiger charge is 2.35. The smallest absolute Gasteiger partial charge is 0.340 e. The summed E-state index contributed by atoms with van der Waals surface area (Å²) in [5.74, 6) is -0.619. The average molecular weight is 356 g/mol. The van der Waals surface area contributed by atoms with E-state index in [1.807, 2.05) is 13.8 Å². The van der Waals surface area contributed by atoms with Crippen molar-refractivity contribution in [3.63, 3.8) is 0 Å². The van der Waals surface area contributed by atoms with Crippen molar-refractivity contribution >= 4 is 29.2 Å². The fourth-order valence-electron chi connectivity index (χ4n) is 2.96. The topological polar surface area (TPSA) is 55.4 Å². The molecule has 0 spiro atoms. The second-order valence-electron chi connectivity index (χ2n) is 6.16. The second-order valence-corrected chi connectivity index (χ2v) is 6.60. The molecule has 1 aromatic rings. The van der Waals surface area contributed by atoms with E-state index in [0.717, 1.165) is 18.7 Å². The molecule has 1 unspecified atom stereocenters. The quantitative estimate of drug-likeness (QED) is 0.600. The van der Waals surface area contributed by atoms with Crippen LogP contribution in [0.25, 0.3) is 0 Å². The number of quaternary nitrogens is 1. The van der Waals surface area contributed by atoms with Crippen molar-refractivity contribution in [1.82, 2.24) is 0 Å². The van der Waals surface area contributed by atoms with E-state index in [1.165, 1.54) is 13.2 Å². The molecular weight excluding hydrogens is 328 g/mol. The number of carbonyl (C=O) groups is 2. The number of carbonyl (C=O) groups excluding carboxylic acids is 2. The van der Waals surface area contributed by atoms with E-state index in [1.54, 1.807) is 6.07 Å². The maximum absolute atomic E-state index is 12.9. The minimum atomic E-state index is -0.521. The molecule has 1 aromatic carbocycles. The number of amides is 1. The molecule has 134 valence electrons. The van der Waals surface area contributed by atoms with Gasteiger partial charge in [0.05, 0.1) is 38.5 Å². The number of anilines is 1. The summed E-state index contributed by atoms with van der Waals surface area (Å²) in [6.45, 7) is 9.67. The number of hydrogen-bond donors (Lipinski definition) is 1. The van der Waals surface area contributed by atoms with Crippen molar-refractivity contribution in [2.24, 2.45) is 0 Å². The van der Waals surface area contributed by atoms with E-state index in [4.69, 9.17) is 16.3 Å². The van der Waals surface area contributed by atoms with Crippen LogP contribution < -0.4 is 5.32 Å². The maximum Gasteiger partial charge on any atom is 0.340 e. The van der Waals surface area contributed by atoms with E-state index in [9.17, 15) is 9.59 Å². The third-order valence-electron chi connectivity index (χ3n) is 4.84. The molecule has 1 rings (SSSR count). The summed E-state index contributed by atoms with van der Waals surface area (Å²) in [5.41, 5.74) is 1.47. The molecule has 0 aliphatic carbocycles. The molecule has 0 bridgehead atoms. The summed E-state index contributed by atoms with van der Waals surface area (Å²) in [4.78, 5) is 24.9. The number of hydrogen-bond acceptors (Lipinski definition) is 3. The molecule has 1 atom stereocenters. The fourth-order valence-corrected chi connectivity index (χ4v) is 3.23. The molecule has 1 amide bonds. The van der Waals surface area contributed by atoms with Gasteiger partial charge in [0, 0.05) is 11.4 Å². The largest absolute Gasteiger partial charge is 0.465 e. The van der Waals surface area contributed by atoms with Crippen molar-refractivity contribution in [1.29, 1.82) is 0 Å². The molecule has 0 saturated heterocycles. The molecule has 24 heavy (non-hydrogen) atoms. The molecule has 5 nitrogen and oxygen atoms in total. The molecule has 0 fully saturated rings. The van der Waals surface area contributed by atoms with Crippen LogP contribution in [-0.4, -0.2) is 49.6 Å². The van der Waals surface area contributed by atoms with Gasteiger partial charge in [0.15, 0.2) is 6.04 Å². The zero-order chi connectivity index (χ0) is 18.5. The fraction of sp³-hybridized carbons (Fsp3) is 0.556. The Morgan fingerprint density at radius 1 is 1.25 bits per heavy atom. The van der Waals surface area contributed by atoms with Crippen molar-refractivity contribution < 1.29 is 18.8 Å². The van der Waals surface area contributed by atoms with Gasteiger partial charge >= 0.3 is 5.97 Å². The highest BCUT2D eigenvalue weighted by Crippen LogP contribution is 2.27. The normalized spacial score (nSPS) is 12.6. The number of nitrogens with one attached hydrogen (secondary N) is 1. The lowest BCUT2D eigenvalue weighted by molar-refractivity contribution is -0.921. The zero-order valence-electron chi connectivity index (χ0n) is 15.4. The molecule has 0 aromatic heterocycles. The van der Waals surface area contributed by atoms with Crippen molar-refractivity contribution in [2.45, 2.75) is 40.2 Å². The standard InChI is InChI=1S/C18H27ClN2O3/c1-7-15(21(5,8-2)9-3)17(22)20-16-12(4)10-13(19)11-14(16)18(23)24-6/h10-11,15H,7-9H2,1-6H3/p+1. The highest BCUT2D eigenvalue weighted by molar-refractivity contribution is 6.31. The number of benzene rings is 1. The van der Waals surface area contributed by atoms with Gasteiger partial charge in [0.25, 0.3) is 5.91 Å². The molecule has 0 heterocycles. The molecule has 0 aliphatic heterocycles. The molecule has 0 aliphatic rings. The Morgan fingerprint density at radius 3 is 2.29 bits per heavy atom. The van der Waals surface area contributed by atoms with E-state index >= 15 is 0 Å². The first-order chi connectivity index (χ1) is 11.2. The molecular formula is C18H28ClN2O3+. The third kappa shape index (κ3) is 4.28. The van der Waals surface area contributed by atoms with Gasteiger partial charge in [-0.25, -0.2) is 4.79 Å². The summed E-state index contributed by atoms with van der Waals surface area (Å²) in [7, 11) is 3.38. The van der Waals surface area contributed by atoms with Gasteiger partial charge in [-0.3, -0.25) is 4.79 Å². The van der Waals surface area contributed by atoms with Crippen LogP contribution >= 0.6 is 11.6 Å². The second kappa shape index (κ2) is 8.49. The summed E-state index contributed by atoms with van der Waals surface area (Å²) in [5, 5.41) is 3.36. The number of likely N-dealkylation sites (N-methyl/N-ethyl adjacent to an activating group) is 1. The first-order valence-corrected chi connectivity index (χ1v) is 8.65. The highest BCUT2D eigenvalue weighted by atomic mass is 35.5. The van der Waals surface area contributed by atoms with Gasteiger partial charge in [0.2, 0.25) is 0 Å². The monoisotopic (exact) mass is 355 g/mol. The van der Waals surface area contributed by atoms with Crippen LogP contribution in [0.15, 0.2) is 12.1 Å². The Kier molecular flexibility index (Phi) is 7.24. The minimum absolute atomic E-state index is 0.0979. The van der Waals surface area contributed by atoms with Crippen molar-refractivity contribution in [3.8, 4) is 0 Å². The Morgan fingerprint density at radius 2 is 1.83 bits per heavy atom. The SMILES string of the molecule is CCC(C(=O)Nc1c(C)cc(Cl)cc1C(=O)OC)[N+](C)(CC)CC. The van der Waals surface area contributed by atoms with Crippen LogP contribution in [0.5, 0.6) is 0 Å². The van der Waals surface area contributed by atoms with Gasteiger partial charge in [-0.1, -0.05) is 18.5 Å². The van der Waals surface area contributed by atoms with Gasteiger partial charge < -0.3 is 14.5 Å². The van der Waals surface area contributed by atoms with Crippen LogP contribution in [-0.2, 0) is 9.53 Å². The van der Waals surface area contributed by atoms with Crippen LogP contribution in [0.1, 0.15) is 43.1 Å². The van der Waals surface area contributed by atoms with Crippen LogP contribution in [0.2, 0.25) is 5.02 Å². The Hall–Kier alpha value is -1.59. The number of nitrogens with zero attached hydrogens (tertiary/aromatic N) is 1. The van der Waals surface area contributed by atoms with E-state index in [0.29, 0.717) is 21.6 Å². The molecule has 6 heteroatoms. The average Bonchev–Trinajstić information content (AvgIpc) is 2.56. The summed E-state index contributed by atoms with van der Waals surface area (Å²) in [6.07, 6.45) is 0.713. The predicted molar refractivity (Wildman–Crippen MR) is 97.5 cm³/mol. The Labute approximate surface area is 149 Å². The minimum Gasteiger partial charge on any atom is -0.465 e. The number of esters is 1. The first kappa shape index (κ1) is 20.5. The number of methoxy groups -OCH3 is 1. The van der Waals surface area contributed by atoms with Crippen LogP contribution in [0, 0.1) is 6.92 Å². The number of aryl methyl sites for hydroxylation is 1. The summed E-state index contributed by atoms with van der Waals surface area (Å²) < 4.78 is 5.45. The number of rotatable bonds is 7. The lowest BCUT2D eigenvalue weighted by Gasteiger charge is -2.38. The lowest BCUT2D eigenvalue weighted by Crippen LogP contribution is -2.56. The van der Waals surface area contributed by atoms with Crippen LogP contribution in [0.4, 0.5) is 5.69 Å². The summed E-state index contributed by atoms with van der Waals surface area (Å²) >= 11 is 6.04. The van der Waals surface area contributed by atoms with Gasteiger partial charge in [-0.15, -0.1) is 0 Å². The lowest BCUT2D eigenvalue weighted by atomic mass is 10.1. The van der Waals surface area contributed by atoms with E-state index < -0.39 is 5.97 Å². The molecule has 1 N–H and O–H groups in total. The maximum atomic E-state index is 12.9. The summed E-state index contributed by atoms with van der Waals surface area (Å²) in [6, 6.07) is 3.05. The first-order valence-electron chi connectivity index (χ1n) is 8.27. The Balaban J connectivity index is 3.24. The third-order valence-corrected chi connectivity index (χ3v) is 5.06. The van der Waals surface area contributed by atoms with E-state index in [-0.39, 0.29) is 17.5 Å². The number of halogens is 1. The van der Waals surface area contributed by atoms with Crippen molar-refractivity contribution in [3.05, 3.63) is 28.3 Å². The van der Waals surface area contributed by atoms with Gasteiger partial charge in [-0.2, -0.15) is 0 Å².